The van der Waals surface area contributed by atoms with Crippen LogP contribution in [-0.2, 0) is 4.74 Å². The van der Waals surface area contributed by atoms with Crippen LogP contribution >= 0.6 is 22.6 Å². The molecule has 0 N–H and O–H groups in total. The van der Waals surface area contributed by atoms with Gasteiger partial charge in [-0.15, -0.1) is 0 Å². The van der Waals surface area contributed by atoms with E-state index in [0.717, 1.165) is 5.56 Å². The van der Waals surface area contributed by atoms with Crippen molar-refractivity contribution in [1.82, 2.24) is 0 Å². The lowest BCUT2D eigenvalue weighted by atomic mass is 10.1. The molecule has 0 spiro atoms. The van der Waals surface area contributed by atoms with E-state index in [9.17, 15) is 4.79 Å². The van der Waals surface area contributed by atoms with E-state index in [4.69, 9.17) is 0 Å². The zero-order valence-corrected chi connectivity index (χ0v) is 9.32. The van der Waals surface area contributed by atoms with Crippen LogP contribution in [0.5, 0.6) is 0 Å². The third kappa shape index (κ3) is 2.55. The van der Waals surface area contributed by atoms with Gasteiger partial charge >= 0.3 is 5.97 Å². The minimum absolute atomic E-state index is 0.301. The van der Waals surface area contributed by atoms with Gasteiger partial charge in [0, 0.05) is 0 Å². The minimum atomic E-state index is -0.301. The van der Waals surface area contributed by atoms with Crippen molar-refractivity contribution in [3.05, 3.63) is 39.5 Å². The minimum Gasteiger partial charge on any atom is -0.465 e. The Balaban J connectivity index is 3.11. The number of carbonyl (C=O) groups is 1. The maximum Gasteiger partial charge on any atom is 0.338 e. The summed E-state index contributed by atoms with van der Waals surface area (Å²) in [4.78, 5) is 11.3. The van der Waals surface area contributed by atoms with Crippen molar-refractivity contribution in [2.24, 2.45) is 0 Å². The number of esters is 1. The van der Waals surface area contributed by atoms with Gasteiger partial charge < -0.3 is 4.74 Å². The summed E-state index contributed by atoms with van der Waals surface area (Å²) in [7, 11) is 1.38. The van der Waals surface area contributed by atoms with E-state index in [1.165, 1.54) is 7.11 Å². The molecular weight excluding hydrogens is 279 g/mol. The number of halogens is 1. The van der Waals surface area contributed by atoms with E-state index in [1.54, 1.807) is 6.07 Å². The Morgan fingerprint density at radius 2 is 2.15 bits per heavy atom. The van der Waals surface area contributed by atoms with Crippen molar-refractivity contribution in [1.29, 1.82) is 0 Å². The highest BCUT2D eigenvalue weighted by molar-refractivity contribution is 14.1. The van der Waals surface area contributed by atoms with Crippen LogP contribution in [0.3, 0.4) is 0 Å². The van der Waals surface area contributed by atoms with Crippen molar-refractivity contribution < 1.29 is 9.53 Å². The van der Waals surface area contributed by atoms with Crippen LogP contribution in [0.2, 0.25) is 0 Å². The first kappa shape index (κ1) is 10.2. The molecule has 1 rings (SSSR count). The van der Waals surface area contributed by atoms with Crippen molar-refractivity contribution >= 4 is 34.6 Å². The number of methoxy groups -OCH3 is 1. The summed E-state index contributed by atoms with van der Waals surface area (Å²) in [5.74, 6) is -0.301. The molecule has 2 nitrogen and oxygen atoms in total. The molecule has 0 amide bonds. The third-order valence-corrected chi connectivity index (χ3v) is 1.97. The second kappa shape index (κ2) is 5.01. The van der Waals surface area contributed by atoms with Crippen LogP contribution in [0.25, 0.3) is 6.08 Å². The molecule has 0 fully saturated rings. The van der Waals surface area contributed by atoms with Crippen LogP contribution in [0.4, 0.5) is 0 Å². The van der Waals surface area contributed by atoms with Gasteiger partial charge in [-0.25, -0.2) is 4.79 Å². The second-order valence-corrected chi connectivity index (χ2v) is 3.09. The number of carbonyl (C=O) groups excluding carboxylic acids is 1. The highest BCUT2D eigenvalue weighted by Gasteiger charge is 2.07. The van der Waals surface area contributed by atoms with E-state index >= 15 is 0 Å². The molecule has 3 heteroatoms. The van der Waals surface area contributed by atoms with E-state index in [-0.39, 0.29) is 5.97 Å². The van der Waals surface area contributed by atoms with Crippen LogP contribution in [0.1, 0.15) is 15.9 Å². The molecule has 0 atom stereocenters. The van der Waals surface area contributed by atoms with Gasteiger partial charge in [0.1, 0.15) is 0 Å². The zero-order valence-electron chi connectivity index (χ0n) is 7.16. The highest BCUT2D eigenvalue weighted by Crippen LogP contribution is 2.12. The van der Waals surface area contributed by atoms with Gasteiger partial charge in [-0.1, -0.05) is 40.8 Å². The maximum absolute atomic E-state index is 11.3. The molecule has 1 aromatic carbocycles. The Morgan fingerprint density at radius 1 is 1.46 bits per heavy atom. The summed E-state index contributed by atoms with van der Waals surface area (Å²) in [5.41, 5.74) is 1.47. The fourth-order valence-corrected chi connectivity index (χ4v) is 1.39. The average Bonchev–Trinajstić information content (AvgIpc) is 2.18. The molecule has 0 aliphatic heterocycles. The Labute approximate surface area is 90.7 Å². The molecule has 1 aromatic rings. The molecule has 13 heavy (non-hydrogen) atoms. The van der Waals surface area contributed by atoms with Gasteiger partial charge in [0.2, 0.25) is 0 Å². The Morgan fingerprint density at radius 3 is 2.77 bits per heavy atom. The van der Waals surface area contributed by atoms with Gasteiger partial charge in [-0.2, -0.15) is 0 Å². The zero-order chi connectivity index (χ0) is 9.68. The first-order chi connectivity index (χ1) is 6.29. The molecule has 0 saturated carbocycles. The Kier molecular flexibility index (Phi) is 3.95. The fourth-order valence-electron chi connectivity index (χ4n) is 1.01. The first-order valence-electron chi connectivity index (χ1n) is 3.73. The van der Waals surface area contributed by atoms with Crippen LogP contribution < -0.4 is 0 Å². The Bertz CT molecular complexity index is 331. The van der Waals surface area contributed by atoms with E-state index < -0.39 is 0 Å². The van der Waals surface area contributed by atoms with Crippen LogP contribution in [0.15, 0.2) is 28.3 Å². The third-order valence-electron chi connectivity index (χ3n) is 1.61. The fraction of sp³-hybridized carbons (Fsp3) is 0.100. The topological polar surface area (TPSA) is 26.3 Å². The lowest BCUT2D eigenvalue weighted by Crippen LogP contribution is -2.02. The summed E-state index contributed by atoms with van der Waals surface area (Å²) in [6, 6.07) is 7.33. The van der Waals surface area contributed by atoms with Gasteiger partial charge in [0.05, 0.1) is 12.7 Å². The van der Waals surface area contributed by atoms with Gasteiger partial charge in [0.15, 0.2) is 0 Å². The SMILES string of the molecule is COC(=O)c1ccccc1/C=C\I. The molecule has 0 aromatic heterocycles. The monoisotopic (exact) mass is 288 g/mol. The molecule has 0 aliphatic rings. The lowest BCUT2D eigenvalue weighted by molar-refractivity contribution is 0.0600. The predicted molar refractivity (Wildman–Crippen MR) is 60.8 cm³/mol. The summed E-state index contributed by atoms with van der Waals surface area (Å²) in [6.45, 7) is 0. The summed E-state index contributed by atoms with van der Waals surface area (Å²) >= 11 is 2.11. The lowest BCUT2D eigenvalue weighted by Gasteiger charge is -2.02. The van der Waals surface area contributed by atoms with E-state index in [2.05, 4.69) is 27.3 Å². The normalized spacial score (nSPS) is 10.3. The van der Waals surface area contributed by atoms with E-state index in [0.29, 0.717) is 5.56 Å². The van der Waals surface area contributed by atoms with Crippen LogP contribution in [-0.4, -0.2) is 13.1 Å². The molecule has 0 bridgehead atoms. The number of rotatable bonds is 2. The summed E-state index contributed by atoms with van der Waals surface area (Å²) < 4.78 is 6.51. The molecule has 68 valence electrons. The molecule has 0 unspecified atom stereocenters. The molecule has 0 radical (unpaired) electrons. The van der Waals surface area contributed by atoms with Crippen molar-refractivity contribution in [2.75, 3.05) is 7.11 Å². The number of hydrogen-bond donors (Lipinski definition) is 0. The number of benzene rings is 1. The average molecular weight is 288 g/mol. The summed E-state index contributed by atoms with van der Waals surface area (Å²) in [6.07, 6.45) is 1.87. The standard InChI is InChI=1S/C10H9IO2/c1-13-10(12)9-5-3-2-4-8(9)6-7-11/h2-7H,1H3/b7-6-. The quantitative estimate of drug-likeness (QED) is 0.618. The second-order valence-electron chi connectivity index (χ2n) is 2.37. The van der Waals surface area contributed by atoms with E-state index in [1.807, 2.05) is 28.4 Å². The van der Waals surface area contributed by atoms with Crippen molar-refractivity contribution in [2.45, 2.75) is 0 Å². The van der Waals surface area contributed by atoms with Crippen molar-refractivity contribution in [3.8, 4) is 0 Å². The largest absolute Gasteiger partial charge is 0.465 e. The first-order valence-corrected chi connectivity index (χ1v) is 4.98. The molecule has 0 saturated heterocycles. The molecule has 0 heterocycles. The Hall–Kier alpha value is -0.840. The van der Waals surface area contributed by atoms with Gasteiger partial charge in [-0.3, -0.25) is 0 Å². The number of ether oxygens (including phenoxy) is 1. The maximum atomic E-state index is 11.3. The molecule has 0 aliphatic carbocycles. The highest BCUT2D eigenvalue weighted by atomic mass is 127. The van der Waals surface area contributed by atoms with Crippen LogP contribution in [0, 0.1) is 0 Å². The predicted octanol–water partition coefficient (Wildman–Crippen LogP) is 2.88. The summed E-state index contributed by atoms with van der Waals surface area (Å²) in [5, 5.41) is 0. The van der Waals surface area contributed by atoms with Gasteiger partial charge in [0.25, 0.3) is 0 Å². The smallest absolute Gasteiger partial charge is 0.338 e. The van der Waals surface area contributed by atoms with Crippen molar-refractivity contribution in [3.63, 3.8) is 0 Å². The number of hydrogen-bond acceptors (Lipinski definition) is 2. The molecular formula is C10H9IO2. The van der Waals surface area contributed by atoms with Gasteiger partial charge in [-0.05, 0) is 21.8 Å².